The fourth-order valence-corrected chi connectivity index (χ4v) is 3.44. The van der Waals surface area contributed by atoms with Crippen LogP contribution in [0.5, 0.6) is 0 Å². The highest BCUT2D eigenvalue weighted by Crippen LogP contribution is 2.33. The van der Waals surface area contributed by atoms with E-state index >= 15 is 0 Å². The van der Waals surface area contributed by atoms with Crippen molar-refractivity contribution in [2.24, 2.45) is 0 Å². The van der Waals surface area contributed by atoms with Crippen LogP contribution < -0.4 is 10.5 Å². The molecule has 3 rings (SSSR count). The van der Waals surface area contributed by atoms with Crippen molar-refractivity contribution in [2.45, 2.75) is 31.2 Å². The van der Waals surface area contributed by atoms with Gasteiger partial charge >= 0.3 is 5.97 Å². The van der Waals surface area contributed by atoms with Gasteiger partial charge in [0.25, 0.3) is 0 Å². The zero-order chi connectivity index (χ0) is 21.2. The first-order valence-electron chi connectivity index (χ1n) is 8.85. The second kappa shape index (κ2) is 8.18. The van der Waals surface area contributed by atoms with Gasteiger partial charge in [0.15, 0.2) is 11.5 Å². The van der Waals surface area contributed by atoms with E-state index in [-0.39, 0.29) is 22.6 Å². The van der Waals surface area contributed by atoms with E-state index < -0.39 is 17.5 Å². The summed E-state index contributed by atoms with van der Waals surface area (Å²) < 4.78 is 18.3. The second-order valence-corrected chi connectivity index (χ2v) is 8.29. The van der Waals surface area contributed by atoms with Gasteiger partial charge in [0.1, 0.15) is 5.82 Å². The van der Waals surface area contributed by atoms with Crippen molar-refractivity contribution in [1.29, 1.82) is 0 Å². The van der Waals surface area contributed by atoms with E-state index in [1.807, 2.05) is 24.3 Å². The number of aromatic nitrogens is 2. The lowest BCUT2D eigenvalue weighted by Gasteiger charge is -2.20. The molecule has 4 N–H and O–H groups in total. The van der Waals surface area contributed by atoms with Gasteiger partial charge in [-0.1, -0.05) is 24.3 Å². The molecular weight excluding hydrogens is 391 g/mol. The zero-order valence-corrected chi connectivity index (χ0v) is 17.0. The SMILES string of the molecule is CC(C)(C)NSc1ccccc1-c1ccc(-c2cnc(N)c(C(=O)O)n2)c(F)c1. The Labute approximate surface area is 172 Å². The van der Waals surface area contributed by atoms with Crippen molar-refractivity contribution >= 4 is 23.7 Å². The molecule has 150 valence electrons. The number of halogens is 1. The van der Waals surface area contributed by atoms with Crippen LogP contribution in [0.1, 0.15) is 31.3 Å². The van der Waals surface area contributed by atoms with Crippen LogP contribution in [0.4, 0.5) is 10.2 Å². The molecule has 0 radical (unpaired) electrons. The largest absolute Gasteiger partial charge is 0.476 e. The Morgan fingerprint density at radius 1 is 1.17 bits per heavy atom. The quantitative estimate of drug-likeness (QED) is 0.525. The molecule has 0 atom stereocenters. The van der Waals surface area contributed by atoms with E-state index in [4.69, 9.17) is 10.8 Å². The zero-order valence-electron chi connectivity index (χ0n) is 16.2. The third kappa shape index (κ3) is 4.90. The Kier molecular flexibility index (Phi) is 5.86. The summed E-state index contributed by atoms with van der Waals surface area (Å²) in [6.45, 7) is 6.20. The first-order chi connectivity index (χ1) is 13.7. The summed E-state index contributed by atoms with van der Waals surface area (Å²) in [5.41, 5.74) is 6.89. The molecule has 1 heterocycles. The van der Waals surface area contributed by atoms with Crippen LogP contribution in [-0.2, 0) is 0 Å². The molecule has 0 saturated carbocycles. The van der Waals surface area contributed by atoms with E-state index in [2.05, 4.69) is 35.5 Å². The maximum atomic E-state index is 14.9. The van der Waals surface area contributed by atoms with Gasteiger partial charge in [0.2, 0.25) is 0 Å². The van der Waals surface area contributed by atoms with Gasteiger partial charge in [0.05, 0.1) is 11.9 Å². The molecule has 8 heteroatoms. The van der Waals surface area contributed by atoms with E-state index in [0.717, 1.165) is 10.5 Å². The molecule has 0 saturated heterocycles. The van der Waals surface area contributed by atoms with E-state index in [0.29, 0.717) is 5.56 Å². The van der Waals surface area contributed by atoms with Gasteiger partial charge in [-0.05, 0) is 62.0 Å². The van der Waals surface area contributed by atoms with Gasteiger partial charge in [-0.25, -0.2) is 19.2 Å². The monoisotopic (exact) mass is 412 g/mol. The number of nitrogen functional groups attached to an aromatic ring is 1. The summed E-state index contributed by atoms with van der Waals surface area (Å²) in [6, 6.07) is 12.5. The number of nitrogens with one attached hydrogen (secondary N) is 1. The minimum absolute atomic E-state index is 0.0808. The minimum Gasteiger partial charge on any atom is -0.476 e. The van der Waals surface area contributed by atoms with Crippen LogP contribution in [0.3, 0.4) is 0 Å². The number of hydrogen-bond donors (Lipinski definition) is 3. The van der Waals surface area contributed by atoms with Crippen LogP contribution >= 0.6 is 11.9 Å². The number of nitrogens with two attached hydrogens (primary N) is 1. The molecule has 29 heavy (non-hydrogen) atoms. The number of carbonyl (C=O) groups is 1. The third-order valence-electron chi connectivity index (χ3n) is 3.91. The molecule has 0 amide bonds. The fraction of sp³-hybridized carbons (Fsp3) is 0.190. The standard InChI is InChI=1S/C21H21FN4O2S/c1-21(2,3)26-29-17-7-5-4-6-13(17)12-8-9-14(15(22)10-12)16-11-24-19(23)18(25-16)20(27)28/h4-11,26H,1-3H3,(H2,23,24)(H,27,28). The topological polar surface area (TPSA) is 101 Å². The van der Waals surface area contributed by atoms with Crippen molar-refractivity contribution in [3.8, 4) is 22.4 Å². The molecule has 3 aromatic rings. The number of rotatable bonds is 5. The van der Waals surface area contributed by atoms with Crippen molar-refractivity contribution in [2.75, 3.05) is 5.73 Å². The molecule has 0 unspecified atom stereocenters. The lowest BCUT2D eigenvalue weighted by atomic mass is 10.0. The number of hydrogen-bond acceptors (Lipinski definition) is 6. The molecule has 0 bridgehead atoms. The minimum atomic E-state index is -1.31. The van der Waals surface area contributed by atoms with E-state index in [1.54, 1.807) is 12.1 Å². The van der Waals surface area contributed by atoms with Gasteiger partial charge in [-0.15, -0.1) is 0 Å². The first kappa shape index (κ1) is 20.8. The maximum absolute atomic E-state index is 14.9. The highest BCUT2D eigenvalue weighted by Gasteiger charge is 2.17. The van der Waals surface area contributed by atoms with Gasteiger partial charge in [-0.2, -0.15) is 0 Å². The fourth-order valence-electron chi connectivity index (χ4n) is 2.58. The van der Waals surface area contributed by atoms with Crippen LogP contribution in [0.2, 0.25) is 0 Å². The van der Waals surface area contributed by atoms with Gasteiger partial charge in [0, 0.05) is 16.0 Å². The summed E-state index contributed by atoms with van der Waals surface area (Å²) in [6.07, 6.45) is 1.26. The summed E-state index contributed by atoms with van der Waals surface area (Å²) in [4.78, 5) is 19.9. The highest BCUT2D eigenvalue weighted by molar-refractivity contribution is 7.97. The van der Waals surface area contributed by atoms with Crippen molar-refractivity contribution in [3.05, 3.63) is 60.2 Å². The molecule has 0 spiro atoms. The molecule has 0 fully saturated rings. The molecular formula is C21H21FN4O2S. The molecule has 0 aliphatic carbocycles. The van der Waals surface area contributed by atoms with Gasteiger partial charge < -0.3 is 10.8 Å². The summed E-state index contributed by atoms with van der Waals surface area (Å²) >= 11 is 1.49. The van der Waals surface area contributed by atoms with E-state index in [9.17, 15) is 9.18 Å². The Morgan fingerprint density at radius 2 is 1.90 bits per heavy atom. The Balaban J connectivity index is 1.97. The summed E-state index contributed by atoms with van der Waals surface area (Å²) in [5, 5.41) is 9.15. The van der Waals surface area contributed by atoms with Crippen LogP contribution in [0, 0.1) is 5.82 Å². The maximum Gasteiger partial charge on any atom is 0.358 e. The molecule has 0 aliphatic heterocycles. The average molecular weight is 412 g/mol. The summed E-state index contributed by atoms with van der Waals surface area (Å²) in [5.74, 6) is -2.05. The van der Waals surface area contributed by atoms with Crippen molar-refractivity contribution < 1.29 is 14.3 Å². The Hall–Kier alpha value is -2.97. The number of anilines is 1. The molecule has 0 aliphatic rings. The Morgan fingerprint density at radius 3 is 2.55 bits per heavy atom. The average Bonchev–Trinajstić information content (AvgIpc) is 2.66. The second-order valence-electron chi connectivity index (χ2n) is 7.44. The molecule has 1 aromatic heterocycles. The third-order valence-corrected chi connectivity index (χ3v) is 5.20. The van der Waals surface area contributed by atoms with Crippen LogP contribution in [0.25, 0.3) is 22.4 Å². The number of aromatic carboxylic acids is 1. The number of nitrogens with zero attached hydrogens (tertiary/aromatic N) is 2. The smallest absolute Gasteiger partial charge is 0.358 e. The van der Waals surface area contributed by atoms with Crippen LogP contribution in [0.15, 0.2) is 53.6 Å². The molecule has 2 aromatic carbocycles. The van der Waals surface area contributed by atoms with Crippen molar-refractivity contribution in [3.63, 3.8) is 0 Å². The first-order valence-corrected chi connectivity index (χ1v) is 9.66. The van der Waals surface area contributed by atoms with E-state index in [1.165, 1.54) is 24.2 Å². The number of carboxylic acids is 1. The number of carboxylic acid groups (broad SMARTS) is 1. The number of benzene rings is 2. The lowest BCUT2D eigenvalue weighted by Crippen LogP contribution is -2.29. The Bertz CT molecular complexity index is 1070. The molecule has 6 nitrogen and oxygen atoms in total. The van der Waals surface area contributed by atoms with Crippen LogP contribution in [-0.4, -0.2) is 26.6 Å². The predicted octanol–water partition coefficient (Wildman–Crippen LogP) is 4.63. The normalized spacial score (nSPS) is 11.4. The predicted molar refractivity (Wildman–Crippen MR) is 113 cm³/mol. The summed E-state index contributed by atoms with van der Waals surface area (Å²) in [7, 11) is 0. The van der Waals surface area contributed by atoms with Crippen molar-refractivity contribution in [1.82, 2.24) is 14.7 Å². The highest BCUT2D eigenvalue weighted by atomic mass is 32.2. The van der Waals surface area contributed by atoms with Gasteiger partial charge in [-0.3, -0.25) is 4.72 Å². The lowest BCUT2D eigenvalue weighted by molar-refractivity contribution is 0.0691.